The fourth-order valence-electron chi connectivity index (χ4n) is 2.98. The molecule has 0 radical (unpaired) electrons. The summed E-state index contributed by atoms with van der Waals surface area (Å²) in [5.74, 6) is 0.906. The Morgan fingerprint density at radius 3 is 2.67 bits per heavy atom. The summed E-state index contributed by atoms with van der Waals surface area (Å²) in [6, 6.07) is 10.8. The van der Waals surface area contributed by atoms with Gasteiger partial charge in [0, 0.05) is 31.7 Å². The summed E-state index contributed by atoms with van der Waals surface area (Å²) in [4.78, 5) is 4.83. The van der Waals surface area contributed by atoms with E-state index in [1.54, 1.807) is 0 Å². The van der Waals surface area contributed by atoms with Crippen molar-refractivity contribution in [3.05, 3.63) is 53.9 Å². The highest BCUT2D eigenvalue weighted by atomic mass is 15.2. The lowest BCUT2D eigenvalue weighted by Gasteiger charge is -2.15. The number of rotatable bonds is 7. The molecule has 0 saturated heterocycles. The standard InChI is InChI=1S/C19H27N5/c1-3-20-18(21-12-9-16-13-23-24(2)14-16)22-15-19(10-11-19)17-7-5-4-6-8-17/h4-8,13-14H,3,9-12,15H2,1-2H3,(H2,20,21,22). The van der Waals surface area contributed by atoms with E-state index in [2.05, 4.69) is 59.2 Å². The Hall–Kier alpha value is -2.30. The Bertz CT molecular complexity index is 670. The van der Waals surface area contributed by atoms with Gasteiger partial charge in [-0.3, -0.25) is 9.67 Å². The molecule has 2 N–H and O–H groups in total. The molecule has 5 nitrogen and oxygen atoms in total. The predicted octanol–water partition coefficient (Wildman–Crippen LogP) is 2.25. The molecular formula is C19H27N5. The first kappa shape index (κ1) is 16.6. The minimum absolute atomic E-state index is 0.257. The van der Waals surface area contributed by atoms with Crippen molar-refractivity contribution in [3.8, 4) is 0 Å². The van der Waals surface area contributed by atoms with Gasteiger partial charge in [-0.15, -0.1) is 0 Å². The molecule has 0 atom stereocenters. The lowest BCUT2D eigenvalue weighted by molar-refractivity contribution is 0.692. The summed E-state index contributed by atoms with van der Waals surface area (Å²) in [5.41, 5.74) is 2.91. The molecule has 1 aromatic heterocycles. The van der Waals surface area contributed by atoms with Crippen LogP contribution in [0, 0.1) is 0 Å². The van der Waals surface area contributed by atoms with Crippen LogP contribution >= 0.6 is 0 Å². The first-order valence-electron chi connectivity index (χ1n) is 8.77. The molecule has 0 unspecified atom stereocenters. The molecule has 3 rings (SSSR count). The number of benzene rings is 1. The maximum Gasteiger partial charge on any atom is 0.191 e. The van der Waals surface area contributed by atoms with E-state index in [4.69, 9.17) is 4.99 Å². The van der Waals surface area contributed by atoms with Crippen LogP contribution in [0.1, 0.15) is 30.9 Å². The van der Waals surface area contributed by atoms with Gasteiger partial charge in [0.15, 0.2) is 5.96 Å². The summed E-state index contributed by atoms with van der Waals surface area (Å²) in [6.07, 6.45) is 7.38. The highest BCUT2D eigenvalue weighted by Crippen LogP contribution is 2.48. The minimum atomic E-state index is 0.257. The lowest BCUT2D eigenvalue weighted by atomic mass is 9.96. The average Bonchev–Trinajstić information content (AvgIpc) is 3.29. The zero-order chi connectivity index (χ0) is 16.8. The van der Waals surface area contributed by atoms with E-state index in [0.29, 0.717) is 0 Å². The maximum atomic E-state index is 4.83. The van der Waals surface area contributed by atoms with Gasteiger partial charge in [0.25, 0.3) is 0 Å². The molecule has 0 amide bonds. The first-order valence-corrected chi connectivity index (χ1v) is 8.77. The van der Waals surface area contributed by atoms with Crippen LogP contribution < -0.4 is 10.6 Å². The summed E-state index contributed by atoms with van der Waals surface area (Å²) < 4.78 is 1.84. The number of nitrogens with one attached hydrogen (secondary N) is 2. The van der Waals surface area contributed by atoms with Gasteiger partial charge >= 0.3 is 0 Å². The number of hydrogen-bond acceptors (Lipinski definition) is 2. The molecule has 5 heteroatoms. The number of aromatic nitrogens is 2. The second-order valence-electron chi connectivity index (χ2n) is 6.54. The van der Waals surface area contributed by atoms with Gasteiger partial charge in [-0.05, 0) is 37.3 Å². The van der Waals surface area contributed by atoms with Gasteiger partial charge in [0.1, 0.15) is 0 Å². The van der Waals surface area contributed by atoms with E-state index < -0.39 is 0 Å². The Balaban J connectivity index is 1.55. The van der Waals surface area contributed by atoms with Gasteiger partial charge in [0.05, 0.1) is 12.7 Å². The van der Waals surface area contributed by atoms with Crippen LogP contribution in [0.15, 0.2) is 47.7 Å². The van der Waals surface area contributed by atoms with Crippen molar-refractivity contribution in [2.24, 2.45) is 12.0 Å². The van der Waals surface area contributed by atoms with Crippen LogP contribution in [0.4, 0.5) is 0 Å². The maximum absolute atomic E-state index is 4.83. The van der Waals surface area contributed by atoms with Crippen LogP contribution in [-0.2, 0) is 18.9 Å². The summed E-state index contributed by atoms with van der Waals surface area (Å²) in [7, 11) is 1.95. The fourth-order valence-corrected chi connectivity index (χ4v) is 2.98. The summed E-state index contributed by atoms with van der Waals surface area (Å²) >= 11 is 0. The van der Waals surface area contributed by atoms with E-state index in [9.17, 15) is 0 Å². The topological polar surface area (TPSA) is 54.2 Å². The van der Waals surface area contributed by atoms with Crippen molar-refractivity contribution in [1.82, 2.24) is 20.4 Å². The van der Waals surface area contributed by atoms with Gasteiger partial charge < -0.3 is 10.6 Å². The SMILES string of the molecule is CCNC(=NCC1(c2ccccc2)CC1)NCCc1cnn(C)c1. The molecule has 1 aliphatic carbocycles. The molecule has 0 spiro atoms. The third-order valence-electron chi connectivity index (χ3n) is 4.59. The fraction of sp³-hybridized carbons (Fsp3) is 0.474. The highest BCUT2D eigenvalue weighted by Gasteiger charge is 2.43. The molecule has 0 aliphatic heterocycles. The van der Waals surface area contributed by atoms with Crippen molar-refractivity contribution < 1.29 is 0 Å². The van der Waals surface area contributed by atoms with Gasteiger partial charge in [0.2, 0.25) is 0 Å². The average molecular weight is 325 g/mol. The molecule has 1 aromatic carbocycles. The highest BCUT2D eigenvalue weighted by molar-refractivity contribution is 5.79. The first-order chi connectivity index (χ1) is 11.7. The van der Waals surface area contributed by atoms with E-state index in [1.807, 2.05) is 17.9 Å². The largest absolute Gasteiger partial charge is 0.357 e. The Morgan fingerprint density at radius 1 is 1.25 bits per heavy atom. The number of nitrogens with zero attached hydrogens (tertiary/aromatic N) is 3. The molecule has 1 saturated carbocycles. The Labute approximate surface area is 144 Å². The third kappa shape index (κ3) is 4.16. The number of hydrogen-bond donors (Lipinski definition) is 2. The van der Waals surface area contributed by atoms with Crippen LogP contribution in [0.2, 0.25) is 0 Å². The number of guanidine groups is 1. The Kier molecular flexibility index (Phi) is 5.18. The van der Waals surface area contributed by atoms with Crippen molar-refractivity contribution in [1.29, 1.82) is 0 Å². The zero-order valence-corrected chi connectivity index (χ0v) is 14.6. The summed E-state index contributed by atoms with van der Waals surface area (Å²) in [6.45, 7) is 4.68. The minimum Gasteiger partial charge on any atom is -0.357 e. The van der Waals surface area contributed by atoms with Crippen LogP contribution in [0.3, 0.4) is 0 Å². The van der Waals surface area contributed by atoms with Gasteiger partial charge in [-0.25, -0.2) is 0 Å². The van der Waals surface area contributed by atoms with Crippen LogP contribution in [0.5, 0.6) is 0 Å². The van der Waals surface area contributed by atoms with Gasteiger partial charge in [-0.1, -0.05) is 30.3 Å². The monoisotopic (exact) mass is 325 g/mol. The smallest absolute Gasteiger partial charge is 0.191 e. The molecule has 2 aromatic rings. The molecule has 1 heterocycles. The normalized spacial score (nSPS) is 16.0. The summed E-state index contributed by atoms with van der Waals surface area (Å²) in [5, 5.41) is 11.0. The molecule has 24 heavy (non-hydrogen) atoms. The number of aliphatic imine (C=N–C) groups is 1. The molecule has 0 bridgehead atoms. The lowest BCUT2D eigenvalue weighted by Crippen LogP contribution is -2.39. The van der Waals surface area contributed by atoms with Crippen molar-refractivity contribution >= 4 is 5.96 Å². The van der Waals surface area contributed by atoms with Crippen LogP contribution in [0.25, 0.3) is 0 Å². The van der Waals surface area contributed by atoms with E-state index in [1.165, 1.54) is 24.0 Å². The molecule has 128 valence electrons. The zero-order valence-electron chi connectivity index (χ0n) is 14.6. The van der Waals surface area contributed by atoms with E-state index in [-0.39, 0.29) is 5.41 Å². The third-order valence-corrected chi connectivity index (χ3v) is 4.59. The second-order valence-corrected chi connectivity index (χ2v) is 6.54. The van der Waals surface area contributed by atoms with E-state index >= 15 is 0 Å². The molecule has 1 fully saturated rings. The number of aryl methyl sites for hydroxylation is 1. The quantitative estimate of drug-likeness (QED) is 0.606. The van der Waals surface area contributed by atoms with Gasteiger partial charge in [-0.2, -0.15) is 5.10 Å². The second kappa shape index (κ2) is 7.51. The molecule has 1 aliphatic rings. The van der Waals surface area contributed by atoms with Crippen molar-refractivity contribution in [3.63, 3.8) is 0 Å². The van der Waals surface area contributed by atoms with Crippen molar-refractivity contribution in [2.45, 2.75) is 31.6 Å². The Morgan fingerprint density at radius 2 is 2.04 bits per heavy atom. The van der Waals surface area contributed by atoms with Crippen molar-refractivity contribution in [2.75, 3.05) is 19.6 Å². The van der Waals surface area contributed by atoms with E-state index in [0.717, 1.165) is 32.0 Å². The predicted molar refractivity (Wildman–Crippen MR) is 98.2 cm³/mol. The molecular weight excluding hydrogens is 298 g/mol. The van der Waals surface area contributed by atoms with Crippen LogP contribution in [-0.4, -0.2) is 35.4 Å².